The molecule has 0 saturated heterocycles. The van der Waals surface area contributed by atoms with Crippen LogP contribution in [0, 0.1) is 6.92 Å². The first kappa shape index (κ1) is 27.6. The molecule has 2 heterocycles. The number of para-hydroxylation sites is 1. The third kappa shape index (κ3) is 4.34. The van der Waals surface area contributed by atoms with Crippen LogP contribution in [-0.2, 0) is 20.0 Å². The van der Waals surface area contributed by atoms with Crippen LogP contribution in [-0.4, -0.2) is 39.3 Å². The molecule has 214 valence electrons. The topological polar surface area (TPSA) is 94.9 Å². The Balaban J connectivity index is 1.70. The molecule has 0 radical (unpaired) electrons. The minimum atomic E-state index is -4.17. The van der Waals surface area contributed by atoms with Gasteiger partial charge in [0, 0.05) is 17.1 Å². The summed E-state index contributed by atoms with van der Waals surface area (Å²) in [6.45, 7) is 1.88. The van der Waals surface area contributed by atoms with E-state index in [1.54, 1.807) is 78.9 Å². The summed E-state index contributed by atoms with van der Waals surface area (Å²) in [5.41, 5.74) is 2.76. The Morgan fingerprint density at radius 3 is 2.02 bits per heavy atom. The molecule has 0 bridgehead atoms. The number of ether oxygens (including phenoxy) is 2. The van der Waals surface area contributed by atoms with E-state index in [2.05, 4.69) is 0 Å². The third-order valence-corrected chi connectivity index (χ3v) is 10.9. The van der Waals surface area contributed by atoms with Gasteiger partial charge in [0.05, 0.1) is 35.2 Å². The molecular formula is C32H28N2O6S2. The molecular weight excluding hydrogens is 572 g/mol. The minimum absolute atomic E-state index is 0.0836. The van der Waals surface area contributed by atoms with Gasteiger partial charge in [0.15, 0.2) is 11.5 Å². The van der Waals surface area contributed by atoms with Gasteiger partial charge in [-0.1, -0.05) is 60.2 Å². The van der Waals surface area contributed by atoms with Crippen LogP contribution in [0.5, 0.6) is 11.5 Å². The number of methoxy groups -OCH3 is 2. The van der Waals surface area contributed by atoms with Crippen molar-refractivity contribution in [2.24, 2.45) is 0 Å². The van der Waals surface area contributed by atoms with Gasteiger partial charge in [0.1, 0.15) is 6.04 Å². The molecule has 4 aromatic carbocycles. The second kappa shape index (κ2) is 10.4. The summed E-state index contributed by atoms with van der Waals surface area (Å²) in [6, 6.07) is 25.9. The molecule has 1 aromatic heterocycles. The van der Waals surface area contributed by atoms with Crippen molar-refractivity contribution in [2.45, 2.75) is 22.8 Å². The maximum Gasteiger partial charge on any atom is 0.268 e. The molecule has 0 amide bonds. The van der Waals surface area contributed by atoms with E-state index in [0.717, 1.165) is 5.56 Å². The summed E-state index contributed by atoms with van der Waals surface area (Å²) >= 11 is 0. The summed E-state index contributed by atoms with van der Waals surface area (Å²) in [6.07, 6.45) is 3.17. The van der Waals surface area contributed by atoms with Crippen molar-refractivity contribution in [1.29, 1.82) is 0 Å². The van der Waals surface area contributed by atoms with Gasteiger partial charge >= 0.3 is 0 Å². The maximum absolute atomic E-state index is 14.4. The third-order valence-electron chi connectivity index (χ3n) is 7.41. The predicted octanol–water partition coefficient (Wildman–Crippen LogP) is 5.97. The van der Waals surface area contributed by atoms with Crippen LogP contribution in [0.15, 0.2) is 113 Å². The van der Waals surface area contributed by atoms with E-state index in [0.29, 0.717) is 39.2 Å². The van der Waals surface area contributed by atoms with Crippen LogP contribution in [0.4, 0.5) is 0 Å². The minimum Gasteiger partial charge on any atom is -0.493 e. The van der Waals surface area contributed by atoms with Crippen LogP contribution < -0.4 is 9.47 Å². The summed E-state index contributed by atoms with van der Waals surface area (Å²) in [7, 11) is -5.32. The second-order valence-corrected chi connectivity index (χ2v) is 13.5. The number of nitrogens with zero attached hydrogens (tertiary/aromatic N) is 2. The first-order valence-electron chi connectivity index (χ1n) is 13.1. The summed E-state index contributed by atoms with van der Waals surface area (Å²) in [4.78, 5) is 0.169. The van der Waals surface area contributed by atoms with Crippen molar-refractivity contribution >= 4 is 37.0 Å². The molecule has 5 aromatic rings. The van der Waals surface area contributed by atoms with E-state index in [-0.39, 0.29) is 9.79 Å². The lowest BCUT2D eigenvalue weighted by atomic mass is 9.97. The van der Waals surface area contributed by atoms with Crippen molar-refractivity contribution in [3.05, 3.63) is 126 Å². The standard InChI is InChI=1S/C32H28N2O6S2/c1-22-13-16-25(17-14-22)41(35,36)33-20-19-27-26-11-7-8-12-28(26)34(42(37,38)24-9-5-4-6-10-24)32(27)31(33)23-15-18-29(39-2)30(21-23)40-3/h4-21,31H,1-3H3. The highest BCUT2D eigenvalue weighted by atomic mass is 32.2. The molecule has 10 heteroatoms. The van der Waals surface area contributed by atoms with E-state index in [1.165, 1.54) is 40.8 Å². The van der Waals surface area contributed by atoms with Crippen LogP contribution in [0.25, 0.3) is 17.0 Å². The Bertz CT molecular complexity index is 2050. The molecule has 1 aliphatic heterocycles. The Labute approximate surface area is 245 Å². The average molecular weight is 601 g/mol. The van der Waals surface area contributed by atoms with Crippen molar-refractivity contribution in [1.82, 2.24) is 8.28 Å². The zero-order valence-electron chi connectivity index (χ0n) is 23.1. The first-order chi connectivity index (χ1) is 20.2. The Kier molecular flexibility index (Phi) is 6.83. The smallest absolute Gasteiger partial charge is 0.268 e. The number of aryl methyl sites for hydroxylation is 1. The first-order valence-corrected chi connectivity index (χ1v) is 16.0. The molecule has 0 fully saturated rings. The van der Waals surface area contributed by atoms with Gasteiger partial charge in [-0.2, -0.15) is 0 Å². The Hall–Kier alpha value is -4.54. The SMILES string of the molecule is COc1ccc(C2c3c(c4ccccc4n3S(=O)(=O)c3ccccc3)C=CN2S(=O)(=O)c2ccc(C)cc2)cc1OC. The number of sulfonamides is 1. The number of hydrogen-bond donors (Lipinski definition) is 0. The lowest BCUT2D eigenvalue weighted by molar-refractivity contribution is 0.353. The van der Waals surface area contributed by atoms with E-state index in [4.69, 9.17) is 9.47 Å². The Morgan fingerprint density at radius 2 is 1.33 bits per heavy atom. The van der Waals surface area contributed by atoms with Gasteiger partial charge in [-0.3, -0.25) is 4.31 Å². The lowest BCUT2D eigenvalue weighted by Gasteiger charge is -2.34. The van der Waals surface area contributed by atoms with Gasteiger partial charge in [0.25, 0.3) is 20.0 Å². The number of aromatic nitrogens is 1. The molecule has 0 N–H and O–H groups in total. The van der Waals surface area contributed by atoms with Crippen molar-refractivity contribution < 1.29 is 26.3 Å². The highest BCUT2D eigenvalue weighted by Gasteiger charge is 2.40. The fraction of sp³-hybridized carbons (Fsp3) is 0.125. The number of benzene rings is 4. The zero-order chi connectivity index (χ0) is 29.6. The highest BCUT2D eigenvalue weighted by molar-refractivity contribution is 7.90. The summed E-state index contributed by atoms with van der Waals surface area (Å²) in [5.74, 6) is 0.839. The normalized spacial score (nSPS) is 15.0. The molecule has 1 atom stereocenters. The van der Waals surface area contributed by atoms with Crippen molar-refractivity contribution in [3.8, 4) is 11.5 Å². The summed E-state index contributed by atoms with van der Waals surface area (Å²) < 4.78 is 70.8. The monoisotopic (exact) mass is 600 g/mol. The van der Waals surface area contributed by atoms with Gasteiger partial charge in [0.2, 0.25) is 0 Å². The van der Waals surface area contributed by atoms with Gasteiger partial charge < -0.3 is 9.47 Å². The van der Waals surface area contributed by atoms with Crippen molar-refractivity contribution in [2.75, 3.05) is 14.2 Å². The highest BCUT2D eigenvalue weighted by Crippen LogP contribution is 2.46. The van der Waals surface area contributed by atoms with Gasteiger partial charge in [-0.05, 0) is 61.0 Å². The fourth-order valence-electron chi connectivity index (χ4n) is 5.38. The molecule has 0 aliphatic carbocycles. The van der Waals surface area contributed by atoms with E-state index >= 15 is 0 Å². The van der Waals surface area contributed by atoms with Crippen LogP contribution >= 0.6 is 0 Å². The second-order valence-electron chi connectivity index (χ2n) is 9.88. The molecule has 1 aliphatic rings. The van der Waals surface area contributed by atoms with E-state index in [1.807, 2.05) is 19.1 Å². The van der Waals surface area contributed by atoms with Crippen molar-refractivity contribution in [3.63, 3.8) is 0 Å². The van der Waals surface area contributed by atoms with Crippen LogP contribution in [0.3, 0.4) is 0 Å². The van der Waals surface area contributed by atoms with Gasteiger partial charge in [-0.25, -0.2) is 20.8 Å². The predicted molar refractivity (Wildman–Crippen MR) is 162 cm³/mol. The lowest BCUT2D eigenvalue weighted by Crippen LogP contribution is -2.35. The molecule has 0 saturated carbocycles. The molecule has 42 heavy (non-hydrogen) atoms. The van der Waals surface area contributed by atoms with Crippen LogP contribution in [0.1, 0.15) is 28.4 Å². The quantitative estimate of drug-likeness (QED) is 0.229. The fourth-order valence-corrected chi connectivity index (χ4v) is 8.41. The van der Waals surface area contributed by atoms with E-state index in [9.17, 15) is 16.8 Å². The average Bonchev–Trinajstić information content (AvgIpc) is 3.36. The molecule has 0 spiro atoms. The number of fused-ring (bicyclic) bond motifs is 3. The number of hydrogen-bond acceptors (Lipinski definition) is 6. The number of rotatable bonds is 7. The largest absolute Gasteiger partial charge is 0.493 e. The van der Waals surface area contributed by atoms with E-state index < -0.39 is 26.1 Å². The summed E-state index contributed by atoms with van der Waals surface area (Å²) in [5, 5.41) is 0.682. The van der Waals surface area contributed by atoms with Crippen LogP contribution in [0.2, 0.25) is 0 Å². The zero-order valence-corrected chi connectivity index (χ0v) is 24.8. The maximum atomic E-state index is 14.4. The molecule has 1 unspecified atom stereocenters. The Morgan fingerprint density at radius 1 is 0.690 bits per heavy atom. The molecule has 8 nitrogen and oxygen atoms in total. The molecule has 6 rings (SSSR count). The van der Waals surface area contributed by atoms with Gasteiger partial charge in [-0.15, -0.1) is 0 Å².